The molecule has 1 fully saturated rings. The average Bonchev–Trinajstić information content (AvgIpc) is 3.27. The Morgan fingerprint density at radius 1 is 1.43 bits per heavy atom. The van der Waals surface area contributed by atoms with Crippen molar-refractivity contribution in [3.63, 3.8) is 0 Å². The third-order valence-electron chi connectivity index (χ3n) is 5.60. The number of hydrogen-bond donors (Lipinski definition) is 3. The van der Waals surface area contributed by atoms with E-state index >= 15 is 0 Å². The number of amides is 1. The van der Waals surface area contributed by atoms with Crippen molar-refractivity contribution in [1.29, 1.82) is 0 Å². The summed E-state index contributed by atoms with van der Waals surface area (Å²) in [4.78, 5) is 21.1. The van der Waals surface area contributed by atoms with Crippen LogP contribution < -0.4 is 10.6 Å². The predicted octanol–water partition coefficient (Wildman–Crippen LogP) is 2.93. The number of nitrogens with zero attached hydrogens (tertiary/aromatic N) is 4. The zero-order valence-corrected chi connectivity index (χ0v) is 18.2. The van der Waals surface area contributed by atoms with Gasteiger partial charge in [0.2, 0.25) is 11.9 Å². The van der Waals surface area contributed by atoms with E-state index in [1.165, 1.54) is 16.8 Å². The van der Waals surface area contributed by atoms with Gasteiger partial charge >= 0.3 is 0 Å². The Morgan fingerprint density at radius 3 is 2.97 bits per heavy atom. The summed E-state index contributed by atoms with van der Waals surface area (Å²) in [5, 5.41) is 20.5. The molecule has 1 aliphatic rings. The van der Waals surface area contributed by atoms with Crippen LogP contribution in [0.3, 0.4) is 0 Å². The van der Waals surface area contributed by atoms with Crippen LogP contribution >= 0.6 is 15.9 Å². The van der Waals surface area contributed by atoms with Crippen molar-refractivity contribution in [3.8, 4) is 5.69 Å². The number of carbonyl (C=O) groups excluding carboxylic acids is 1. The summed E-state index contributed by atoms with van der Waals surface area (Å²) in [6, 6.07) is 4.33. The zero-order chi connectivity index (χ0) is 21.5. The Bertz CT molecular complexity index is 1120. The van der Waals surface area contributed by atoms with Gasteiger partial charge in [0.05, 0.1) is 17.7 Å². The van der Waals surface area contributed by atoms with Crippen LogP contribution in [0.5, 0.6) is 0 Å². The molecule has 0 saturated heterocycles. The first kappa shape index (κ1) is 20.7. The lowest BCUT2D eigenvalue weighted by molar-refractivity contribution is -0.129. The van der Waals surface area contributed by atoms with Crippen molar-refractivity contribution in [2.45, 2.75) is 38.8 Å². The van der Waals surface area contributed by atoms with Crippen LogP contribution in [0.4, 0.5) is 10.3 Å². The van der Waals surface area contributed by atoms with Gasteiger partial charge < -0.3 is 15.7 Å². The van der Waals surface area contributed by atoms with E-state index in [-0.39, 0.29) is 18.6 Å². The van der Waals surface area contributed by atoms with Crippen molar-refractivity contribution < 1.29 is 14.3 Å². The smallest absolute Gasteiger partial charge is 0.225 e. The lowest BCUT2D eigenvalue weighted by Crippen LogP contribution is -2.35. The molecule has 1 saturated carbocycles. The van der Waals surface area contributed by atoms with Gasteiger partial charge in [-0.05, 0) is 59.0 Å². The molecule has 8 nitrogen and oxygen atoms in total. The van der Waals surface area contributed by atoms with E-state index < -0.39 is 11.2 Å². The summed E-state index contributed by atoms with van der Waals surface area (Å²) in [5.41, 5.74) is 0.980. The number of aromatic nitrogens is 4. The molecular formula is C20H22BrFN6O2. The van der Waals surface area contributed by atoms with Gasteiger partial charge in [-0.2, -0.15) is 10.1 Å². The van der Waals surface area contributed by atoms with Crippen LogP contribution in [0.1, 0.15) is 31.7 Å². The summed E-state index contributed by atoms with van der Waals surface area (Å²) in [6.07, 6.45) is 3.94. The van der Waals surface area contributed by atoms with E-state index in [0.717, 1.165) is 12.8 Å². The molecule has 30 heavy (non-hydrogen) atoms. The van der Waals surface area contributed by atoms with E-state index in [9.17, 15) is 14.3 Å². The number of aliphatic hydroxyl groups is 1. The maximum absolute atomic E-state index is 14.0. The molecule has 0 bridgehead atoms. The van der Waals surface area contributed by atoms with Crippen molar-refractivity contribution in [3.05, 3.63) is 40.4 Å². The number of aliphatic hydroxyl groups excluding tert-OH is 1. The molecule has 1 aromatic carbocycles. The van der Waals surface area contributed by atoms with Gasteiger partial charge in [0.15, 0.2) is 5.65 Å². The maximum Gasteiger partial charge on any atom is 0.225 e. The fourth-order valence-electron chi connectivity index (χ4n) is 4.02. The van der Waals surface area contributed by atoms with Crippen molar-refractivity contribution in [2.75, 3.05) is 12.4 Å². The SMILES string of the molecule is CNC(=O)[C@]1(C)CC[C@@H](Nc2ncc3c(Br)nn(-c4cc(F)cc(CO)c4)c3n2)C1. The van der Waals surface area contributed by atoms with Gasteiger partial charge in [0.25, 0.3) is 0 Å². The Kier molecular flexibility index (Phi) is 5.46. The first-order valence-corrected chi connectivity index (χ1v) is 10.4. The van der Waals surface area contributed by atoms with Crippen LogP contribution in [0.15, 0.2) is 29.0 Å². The van der Waals surface area contributed by atoms with Crippen LogP contribution in [0, 0.1) is 11.2 Å². The number of nitrogens with one attached hydrogen (secondary N) is 2. The minimum Gasteiger partial charge on any atom is -0.392 e. The van der Waals surface area contributed by atoms with Gasteiger partial charge in [0.1, 0.15) is 10.4 Å². The normalized spacial score (nSPS) is 21.2. The minimum absolute atomic E-state index is 0.0379. The topological polar surface area (TPSA) is 105 Å². The first-order chi connectivity index (χ1) is 14.3. The summed E-state index contributed by atoms with van der Waals surface area (Å²) >= 11 is 3.40. The van der Waals surface area contributed by atoms with Gasteiger partial charge in [-0.25, -0.2) is 14.1 Å². The molecule has 2 aromatic heterocycles. The quantitative estimate of drug-likeness (QED) is 0.522. The minimum atomic E-state index is -0.469. The molecule has 2 heterocycles. The molecule has 1 aliphatic carbocycles. The first-order valence-electron chi connectivity index (χ1n) is 9.63. The standard InChI is InChI=1S/C20H22BrFN6O2/c1-20(18(30)23-2)4-3-13(8-20)25-19-24-9-15-16(21)27-28(17(15)26-19)14-6-11(10-29)5-12(22)7-14/h5-7,9,13,29H,3-4,8,10H2,1-2H3,(H,23,30)(H,24,25,26)/t13-,20-/m1/s1. The molecule has 1 amide bonds. The zero-order valence-electron chi connectivity index (χ0n) is 16.6. The molecule has 2 atom stereocenters. The van der Waals surface area contributed by atoms with Gasteiger partial charge in [0, 0.05) is 24.7 Å². The van der Waals surface area contributed by atoms with E-state index in [1.54, 1.807) is 19.3 Å². The summed E-state index contributed by atoms with van der Waals surface area (Å²) in [5.74, 6) is -0.0137. The Hall–Kier alpha value is -2.59. The third kappa shape index (κ3) is 3.77. The van der Waals surface area contributed by atoms with Gasteiger partial charge in [-0.15, -0.1) is 0 Å². The second-order valence-electron chi connectivity index (χ2n) is 7.83. The highest BCUT2D eigenvalue weighted by Crippen LogP contribution is 2.39. The third-order valence-corrected chi connectivity index (χ3v) is 6.18. The number of carbonyl (C=O) groups is 1. The van der Waals surface area contributed by atoms with Crippen molar-refractivity contribution in [2.24, 2.45) is 5.41 Å². The number of halogens is 2. The summed E-state index contributed by atoms with van der Waals surface area (Å²) < 4.78 is 16.0. The molecule has 3 aromatic rings. The number of fused-ring (bicyclic) bond motifs is 1. The largest absolute Gasteiger partial charge is 0.392 e. The van der Waals surface area contributed by atoms with E-state index in [4.69, 9.17) is 0 Å². The van der Waals surface area contributed by atoms with Crippen LogP contribution in [0.25, 0.3) is 16.7 Å². The molecular weight excluding hydrogens is 455 g/mol. The number of benzene rings is 1. The van der Waals surface area contributed by atoms with Crippen molar-refractivity contribution in [1.82, 2.24) is 25.1 Å². The molecule has 0 aliphatic heterocycles. The fraction of sp³-hybridized carbons (Fsp3) is 0.400. The van der Waals surface area contributed by atoms with E-state index in [1.807, 2.05) is 6.92 Å². The molecule has 158 valence electrons. The highest BCUT2D eigenvalue weighted by Gasteiger charge is 2.40. The number of hydrogen-bond acceptors (Lipinski definition) is 6. The average molecular weight is 477 g/mol. The fourth-order valence-corrected chi connectivity index (χ4v) is 4.46. The Morgan fingerprint density at radius 2 is 2.23 bits per heavy atom. The second kappa shape index (κ2) is 7.92. The summed E-state index contributed by atoms with van der Waals surface area (Å²) in [7, 11) is 1.65. The number of anilines is 1. The molecule has 4 rings (SSSR count). The van der Waals surface area contributed by atoms with Crippen molar-refractivity contribution >= 4 is 38.8 Å². The van der Waals surface area contributed by atoms with Gasteiger partial charge in [-0.1, -0.05) is 6.92 Å². The highest BCUT2D eigenvalue weighted by atomic mass is 79.9. The van der Waals surface area contributed by atoms with Crippen LogP contribution in [0.2, 0.25) is 0 Å². The Balaban J connectivity index is 1.66. The van der Waals surface area contributed by atoms with Gasteiger partial charge in [-0.3, -0.25) is 4.79 Å². The molecule has 0 radical (unpaired) electrons. The maximum atomic E-state index is 14.0. The molecule has 3 N–H and O–H groups in total. The van der Waals surface area contributed by atoms with Crippen LogP contribution in [-0.4, -0.2) is 43.9 Å². The molecule has 0 unspecified atom stereocenters. The lowest BCUT2D eigenvalue weighted by Gasteiger charge is -2.22. The predicted molar refractivity (Wildman–Crippen MR) is 114 cm³/mol. The number of rotatable bonds is 5. The Labute approximate surface area is 181 Å². The highest BCUT2D eigenvalue weighted by molar-refractivity contribution is 9.10. The van der Waals surface area contributed by atoms with E-state index in [2.05, 4.69) is 41.6 Å². The van der Waals surface area contributed by atoms with Crippen LogP contribution in [-0.2, 0) is 11.4 Å². The second-order valence-corrected chi connectivity index (χ2v) is 8.58. The van der Waals surface area contributed by atoms with E-state index in [0.29, 0.717) is 39.3 Å². The monoisotopic (exact) mass is 476 g/mol. The summed E-state index contributed by atoms with van der Waals surface area (Å²) in [6.45, 7) is 1.69. The molecule has 10 heteroatoms. The lowest BCUT2D eigenvalue weighted by atomic mass is 9.87. The molecule has 0 spiro atoms.